The minimum atomic E-state index is -1.35. The average Bonchev–Trinajstić information content (AvgIpc) is 3.12. The lowest BCUT2D eigenvalue weighted by molar-refractivity contribution is -0.267. The van der Waals surface area contributed by atoms with E-state index in [1.165, 1.54) is 17.8 Å². The summed E-state index contributed by atoms with van der Waals surface area (Å²) in [6.07, 6.45) is -5.09. The van der Waals surface area contributed by atoms with Crippen LogP contribution in [0.1, 0.15) is 33.9 Å². The first-order valence-corrected chi connectivity index (χ1v) is 10.6. The Morgan fingerprint density at radius 3 is 2.09 bits per heavy atom. The van der Waals surface area contributed by atoms with Crippen molar-refractivity contribution in [3.05, 3.63) is 16.8 Å². The number of fused-ring (bicyclic) bond motifs is 1. The number of aromatic nitrogens is 4. The summed E-state index contributed by atoms with van der Waals surface area (Å²) in [7, 11) is 0. The van der Waals surface area contributed by atoms with Crippen molar-refractivity contribution in [3.63, 3.8) is 0 Å². The lowest BCUT2D eigenvalue weighted by Gasteiger charge is -2.44. The Morgan fingerprint density at radius 1 is 0.912 bits per heavy atom. The van der Waals surface area contributed by atoms with E-state index in [0.717, 1.165) is 20.8 Å². The molecule has 3 heterocycles. The molecule has 1 aliphatic heterocycles. The number of halogens is 2. The van der Waals surface area contributed by atoms with Crippen LogP contribution in [0.3, 0.4) is 0 Å². The molecule has 0 bridgehead atoms. The fourth-order valence-electron chi connectivity index (χ4n) is 3.47. The summed E-state index contributed by atoms with van der Waals surface area (Å²) in [5.41, 5.74) is 0.282. The molecule has 0 radical (unpaired) electrons. The summed E-state index contributed by atoms with van der Waals surface area (Å²) in [6, 6.07) is 0. The maximum absolute atomic E-state index is 12.0. The van der Waals surface area contributed by atoms with Gasteiger partial charge >= 0.3 is 23.9 Å². The van der Waals surface area contributed by atoms with Crippen LogP contribution in [0.2, 0.25) is 10.4 Å². The van der Waals surface area contributed by atoms with Crippen LogP contribution in [-0.4, -0.2) is 74.4 Å². The molecule has 1 fully saturated rings. The standard InChI is InChI=1S/C19H20Cl2N4O9/c1-7(26)30-5-11-13(31-8(2)27)14(32-9(3)28)15(33-10(4)29)18(34-11)25-6-22-12-16(20)23-19(21)24-17(12)25/h6,11,13-15,18H,5H2,1-4H3/t11-,13-,14+,15-,18?/m1/s1. The van der Waals surface area contributed by atoms with E-state index in [9.17, 15) is 19.2 Å². The molecule has 1 saturated heterocycles. The monoisotopic (exact) mass is 518 g/mol. The van der Waals surface area contributed by atoms with Crippen LogP contribution in [0.5, 0.6) is 0 Å². The normalized spacial score (nSPS) is 24.4. The molecule has 1 unspecified atom stereocenters. The van der Waals surface area contributed by atoms with Crippen molar-refractivity contribution < 1.29 is 42.9 Å². The first kappa shape index (κ1) is 25.6. The summed E-state index contributed by atoms with van der Waals surface area (Å²) in [6.45, 7) is 4.19. The van der Waals surface area contributed by atoms with Gasteiger partial charge in [-0.15, -0.1) is 0 Å². The smallest absolute Gasteiger partial charge is 0.303 e. The van der Waals surface area contributed by atoms with E-state index in [0.29, 0.717) is 0 Å². The number of carbonyl (C=O) groups is 4. The molecule has 0 N–H and O–H groups in total. The van der Waals surface area contributed by atoms with Crippen LogP contribution in [0.4, 0.5) is 0 Å². The van der Waals surface area contributed by atoms with Crippen molar-refractivity contribution in [3.8, 4) is 0 Å². The van der Waals surface area contributed by atoms with Crippen molar-refractivity contribution in [2.45, 2.75) is 58.3 Å². The van der Waals surface area contributed by atoms with Gasteiger partial charge in [-0.1, -0.05) is 11.6 Å². The van der Waals surface area contributed by atoms with Gasteiger partial charge in [-0.3, -0.25) is 23.7 Å². The van der Waals surface area contributed by atoms with Crippen LogP contribution < -0.4 is 0 Å². The first-order chi connectivity index (χ1) is 16.0. The van der Waals surface area contributed by atoms with Crippen molar-refractivity contribution >= 4 is 58.2 Å². The van der Waals surface area contributed by atoms with Gasteiger partial charge in [0.2, 0.25) is 5.28 Å². The zero-order valence-electron chi connectivity index (χ0n) is 18.4. The van der Waals surface area contributed by atoms with Gasteiger partial charge in [0, 0.05) is 27.7 Å². The van der Waals surface area contributed by atoms with Crippen LogP contribution in [-0.2, 0) is 42.9 Å². The molecule has 5 atom stereocenters. The Kier molecular flexibility index (Phi) is 7.89. The third-order valence-corrected chi connectivity index (χ3v) is 5.02. The zero-order chi connectivity index (χ0) is 25.2. The van der Waals surface area contributed by atoms with E-state index in [-0.39, 0.29) is 28.2 Å². The number of ether oxygens (including phenoxy) is 5. The molecule has 0 aromatic carbocycles. The van der Waals surface area contributed by atoms with Gasteiger partial charge in [0.15, 0.2) is 35.3 Å². The van der Waals surface area contributed by atoms with Crippen LogP contribution in [0, 0.1) is 0 Å². The largest absolute Gasteiger partial charge is 0.463 e. The Labute approximate surface area is 202 Å². The van der Waals surface area contributed by atoms with Gasteiger partial charge in [0.05, 0.1) is 6.33 Å². The maximum atomic E-state index is 12.0. The summed E-state index contributed by atoms with van der Waals surface area (Å²) in [5, 5.41) is -0.232. The lowest BCUT2D eigenvalue weighted by Crippen LogP contribution is -2.60. The van der Waals surface area contributed by atoms with E-state index in [1.807, 2.05) is 0 Å². The van der Waals surface area contributed by atoms with Crippen molar-refractivity contribution in [2.75, 3.05) is 6.61 Å². The third-order valence-electron chi connectivity index (χ3n) is 4.59. The third kappa shape index (κ3) is 5.72. The number of hydrogen-bond donors (Lipinski definition) is 0. The van der Waals surface area contributed by atoms with Gasteiger partial charge < -0.3 is 23.7 Å². The Balaban J connectivity index is 2.16. The second kappa shape index (κ2) is 10.5. The second-order valence-electron chi connectivity index (χ2n) is 7.20. The van der Waals surface area contributed by atoms with Crippen molar-refractivity contribution in [1.82, 2.24) is 19.5 Å². The molecule has 13 nitrogen and oxygen atoms in total. The Bertz CT molecular complexity index is 1120. The summed E-state index contributed by atoms with van der Waals surface area (Å²) >= 11 is 12.1. The van der Waals surface area contributed by atoms with Gasteiger partial charge in [-0.25, -0.2) is 9.97 Å². The number of hydrogen-bond acceptors (Lipinski definition) is 12. The predicted molar refractivity (Wildman–Crippen MR) is 113 cm³/mol. The van der Waals surface area contributed by atoms with E-state index >= 15 is 0 Å². The zero-order valence-corrected chi connectivity index (χ0v) is 19.9. The van der Waals surface area contributed by atoms with E-state index < -0.39 is 54.5 Å². The maximum Gasteiger partial charge on any atom is 0.303 e. The fraction of sp³-hybridized carbons (Fsp3) is 0.526. The van der Waals surface area contributed by atoms with Gasteiger partial charge in [0.25, 0.3) is 0 Å². The highest BCUT2D eigenvalue weighted by atomic mass is 35.5. The van der Waals surface area contributed by atoms with Crippen molar-refractivity contribution in [1.29, 1.82) is 0 Å². The number of imidazole rings is 1. The molecule has 3 rings (SSSR count). The van der Waals surface area contributed by atoms with E-state index in [2.05, 4.69) is 15.0 Å². The first-order valence-electron chi connectivity index (χ1n) is 9.84. The summed E-state index contributed by atoms with van der Waals surface area (Å²) in [4.78, 5) is 59.3. The minimum absolute atomic E-state index is 0.0422. The van der Waals surface area contributed by atoms with Gasteiger partial charge in [-0.05, 0) is 11.6 Å². The predicted octanol–water partition coefficient (Wildman–Crippen LogP) is 1.39. The number of esters is 4. The molecule has 0 amide bonds. The van der Waals surface area contributed by atoms with Crippen LogP contribution in [0.25, 0.3) is 11.2 Å². The van der Waals surface area contributed by atoms with Crippen molar-refractivity contribution in [2.24, 2.45) is 0 Å². The molecule has 34 heavy (non-hydrogen) atoms. The Morgan fingerprint density at radius 2 is 1.50 bits per heavy atom. The van der Waals surface area contributed by atoms with Gasteiger partial charge in [0.1, 0.15) is 18.2 Å². The molecular formula is C19H20Cl2N4O9. The topological polar surface area (TPSA) is 158 Å². The number of nitrogens with zero attached hydrogens (tertiary/aromatic N) is 4. The quantitative estimate of drug-likeness (QED) is 0.234. The highest BCUT2D eigenvalue weighted by molar-refractivity contribution is 6.35. The van der Waals surface area contributed by atoms with Crippen LogP contribution in [0.15, 0.2) is 6.33 Å². The molecular weight excluding hydrogens is 499 g/mol. The molecule has 184 valence electrons. The highest BCUT2D eigenvalue weighted by Gasteiger charge is 2.53. The second-order valence-corrected chi connectivity index (χ2v) is 7.89. The molecule has 2 aromatic rings. The minimum Gasteiger partial charge on any atom is -0.463 e. The molecule has 0 spiro atoms. The molecule has 0 aliphatic carbocycles. The van der Waals surface area contributed by atoms with Crippen LogP contribution >= 0.6 is 23.2 Å². The molecule has 0 saturated carbocycles. The molecule has 1 aliphatic rings. The lowest BCUT2D eigenvalue weighted by atomic mass is 9.97. The highest BCUT2D eigenvalue weighted by Crippen LogP contribution is 2.36. The summed E-state index contributed by atoms with van der Waals surface area (Å²) in [5.74, 6) is -2.87. The van der Waals surface area contributed by atoms with E-state index in [4.69, 9.17) is 46.9 Å². The average molecular weight is 519 g/mol. The summed E-state index contributed by atoms with van der Waals surface area (Å²) < 4.78 is 28.6. The molecule has 2 aromatic heterocycles. The number of rotatable bonds is 6. The van der Waals surface area contributed by atoms with E-state index in [1.54, 1.807) is 0 Å². The Hall–Kier alpha value is -3.03. The molecule has 15 heteroatoms. The fourth-order valence-corrected chi connectivity index (χ4v) is 3.89. The van der Waals surface area contributed by atoms with Gasteiger partial charge in [-0.2, -0.15) is 4.98 Å². The number of carbonyl (C=O) groups excluding carboxylic acids is 4. The SMILES string of the molecule is CC(=O)OC[C@H]1OC(n2cnc3c(Cl)nc(Cl)nc32)[C@H](OC(C)=O)[C@@H](OC(C)=O)[C@@H]1OC(C)=O.